The molecule has 0 fully saturated rings. The van der Waals surface area contributed by atoms with Crippen LogP contribution < -0.4 is 11.1 Å². The topological polar surface area (TPSA) is 72.9 Å². The molecule has 0 aliphatic heterocycles. The van der Waals surface area contributed by atoms with E-state index in [-0.39, 0.29) is 5.91 Å². The summed E-state index contributed by atoms with van der Waals surface area (Å²) in [4.78, 5) is 16.7. The molecule has 0 atom stereocenters. The van der Waals surface area contributed by atoms with Gasteiger partial charge in [0.15, 0.2) is 9.09 Å². The Morgan fingerprint density at radius 3 is 2.76 bits per heavy atom. The number of anilines is 2. The number of nitrogens with one attached hydrogen (secondary N) is 1. The second kappa shape index (κ2) is 5.76. The van der Waals surface area contributed by atoms with Gasteiger partial charge in [-0.25, -0.2) is 4.98 Å². The first-order valence-corrected chi connectivity index (χ1v) is 8.05. The maximum absolute atomic E-state index is 12.3. The molecule has 3 aromatic rings. The summed E-state index contributed by atoms with van der Waals surface area (Å²) in [5, 5.41) is 5.03. The molecular weight excluding hydrogens is 324 g/mol. The highest BCUT2D eigenvalue weighted by Gasteiger charge is 2.18. The Labute approximate surface area is 133 Å². The van der Waals surface area contributed by atoms with Gasteiger partial charge >= 0.3 is 0 Å². The standard InChI is InChI=1S/C13H10N4OS3/c14-10-9(11(18)16-12-15-6-7-20-12)21-13(19)17(10)8-4-2-1-3-5-8/h1-7H,14H2,(H,15,16,18). The highest BCUT2D eigenvalue weighted by molar-refractivity contribution is 7.73. The Bertz CT molecular complexity index is 821. The van der Waals surface area contributed by atoms with Crippen LogP contribution in [-0.2, 0) is 0 Å². The van der Waals surface area contributed by atoms with Crippen molar-refractivity contribution in [1.82, 2.24) is 9.55 Å². The van der Waals surface area contributed by atoms with Crippen LogP contribution in [0.4, 0.5) is 10.9 Å². The number of benzene rings is 1. The molecule has 1 aromatic carbocycles. The average Bonchev–Trinajstić information content (AvgIpc) is 3.08. The highest BCUT2D eigenvalue weighted by Crippen LogP contribution is 2.27. The fraction of sp³-hybridized carbons (Fsp3) is 0. The molecule has 3 N–H and O–H groups in total. The normalized spacial score (nSPS) is 10.5. The van der Waals surface area contributed by atoms with Crippen molar-refractivity contribution in [1.29, 1.82) is 0 Å². The molecule has 0 saturated heterocycles. The van der Waals surface area contributed by atoms with Crippen molar-refractivity contribution < 1.29 is 4.79 Å². The van der Waals surface area contributed by atoms with Gasteiger partial charge < -0.3 is 5.73 Å². The third-order valence-electron chi connectivity index (χ3n) is 2.72. The smallest absolute Gasteiger partial charge is 0.271 e. The van der Waals surface area contributed by atoms with Crippen LogP contribution in [-0.4, -0.2) is 15.5 Å². The van der Waals surface area contributed by atoms with Crippen LogP contribution in [0, 0.1) is 3.95 Å². The number of aromatic nitrogens is 2. The summed E-state index contributed by atoms with van der Waals surface area (Å²) in [6.07, 6.45) is 1.63. The van der Waals surface area contributed by atoms with Crippen molar-refractivity contribution in [2.75, 3.05) is 11.1 Å². The third-order valence-corrected chi connectivity index (χ3v) is 4.80. The Morgan fingerprint density at radius 2 is 2.10 bits per heavy atom. The number of thiazole rings is 2. The molecule has 2 aromatic heterocycles. The summed E-state index contributed by atoms with van der Waals surface area (Å²) >= 11 is 7.85. The zero-order valence-corrected chi connectivity index (χ0v) is 13.1. The maximum atomic E-state index is 12.3. The van der Waals surface area contributed by atoms with Crippen LogP contribution in [0.25, 0.3) is 5.69 Å². The molecule has 0 saturated carbocycles. The molecule has 0 bridgehead atoms. The number of hydrogen-bond donors (Lipinski definition) is 2. The number of hydrogen-bond acceptors (Lipinski definition) is 6. The van der Waals surface area contributed by atoms with E-state index in [0.29, 0.717) is 19.8 Å². The van der Waals surface area contributed by atoms with E-state index in [1.54, 1.807) is 16.1 Å². The van der Waals surface area contributed by atoms with E-state index in [0.717, 1.165) is 5.69 Å². The van der Waals surface area contributed by atoms with E-state index in [4.69, 9.17) is 18.0 Å². The molecule has 8 heteroatoms. The first-order valence-electron chi connectivity index (χ1n) is 5.94. The van der Waals surface area contributed by atoms with Crippen LogP contribution >= 0.6 is 34.9 Å². The lowest BCUT2D eigenvalue weighted by atomic mass is 10.3. The first-order chi connectivity index (χ1) is 10.2. The van der Waals surface area contributed by atoms with E-state index in [1.165, 1.54) is 22.7 Å². The van der Waals surface area contributed by atoms with Gasteiger partial charge in [0.25, 0.3) is 5.91 Å². The molecule has 3 rings (SSSR count). The predicted molar refractivity (Wildman–Crippen MR) is 89.0 cm³/mol. The number of amides is 1. The second-order valence-electron chi connectivity index (χ2n) is 4.04. The van der Waals surface area contributed by atoms with Gasteiger partial charge in [-0.15, -0.1) is 11.3 Å². The average molecular weight is 334 g/mol. The van der Waals surface area contributed by atoms with Crippen LogP contribution in [0.1, 0.15) is 9.67 Å². The zero-order valence-electron chi connectivity index (χ0n) is 10.6. The van der Waals surface area contributed by atoms with E-state index in [9.17, 15) is 4.79 Å². The lowest BCUT2D eigenvalue weighted by molar-refractivity contribution is 0.103. The van der Waals surface area contributed by atoms with Gasteiger partial charge in [0.2, 0.25) is 0 Å². The van der Waals surface area contributed by atoms with Crippen molar-refractivity contribution in [3.05, 3.63) is 50.7 Å². The maximum Gasteiger partial charge on any atom is 0.271 e. The van der Waals surface area contributed by atoms with Gasteiger partial charge in [-0.1, -0.05) is 29.5 Å². The summed E-state index contributed by atoms with van der Waals surface area (Å²) < 4.78 is 2.22. The minimum atomic E-state index is -0.298. The predicted octanol–water partition coefficient (Wildman–Crippen LogP) is 3.56. The van der Waals surface area contributed by atoms with E-state index in [1.807, 2.05) is 30.3 Å². The largest absolute Gasteiger partial charge is 0.383 e. The van der Waals surface area contributed by atoms with Crippen LogP contribution in [0.3, 0.4) is 0 Å². The highest BCUT2D eigenvalue weighted by atomic mass is 32.1. The van der Waals surface area contributed by atoms with Gasteiger partial charge in [0.1, 0.15) is 10.7 Å². The molecule has 0 spiro atoms. The molecule has 2 heterocycles. The number of nitrogen functional groups attached to an aromatic ring is 1. The van der Waals surface area contributed by atoms with Crippen molar-refractivity contribution in [3.8, 4) is 5.69 Å². The van der Waals surface area contributed by atoms with Gasteiger partial charge in [0.05, 0.1) is 0 Å². The Balaban J connectivity index is 1.98. The molecule has 1 amide bonds. The quantitative estimate of drug-likeness (QED) is 0.718. The van der Waals surface area contributed by atoms with Crippen molar-refractivity contribution in [2.24, 2.45) is 0 Å². The summed E-state index contributed by atoms with van der Waals surface area (Å²) in [5.41, 5.74) is 6.93. The molecule has 106 valence electrons. The van der Waals surface area contributed by atoms with Gasteiger partial charge in [0, 0.05) is 17.3 Å². The third kappa shape index (κ3) is 2.73. The van der Waals surface area contributed by atoms with E-state index in [2.05, 4.69) is 10.3 Å². The molecule has 0 radical (unpaired) electrons. The number of para-hydroxylation sites is 1. The number of rotatable bonds is 3. The molecular formula is C13H10N4OS3. The van der Waals surface area contributed by atoms with Crippen molar-refractivity contribution in [3.63, 3.8) is 0 Å². The van der Waals surface area contributed by atoms with Crippen LogP contribution in [0.2, 0.25) is 0 Å². The number of carbonyl (C=O) groups is 1. The van der Waals surface area contributed by atoms with Crippen LogP contribution in [0.15, 0.2) is 41.9 Å². The summed E-state index contributed by atoms with van der Waals surface area (Å²) in [6, 6.07) is 9.47. The van der Waals surface area contributed by atoms with Crippen molar-refractivity contribution in [2.45, 2.75) is 0 Å². The summed E-state index contributed by atoms with van der Waals surface area (Å²) in [5.74, 6) is 0.0403. The van der Waals surface area contributed by atoms with E-state index < -0.39 is 0 Å². The van der Waals surface area contributed by atoms with Crippen molar-refractivity contribution >= 4 is 51.7 Å². The number of nitrogens with zero attached hydrogens (tertiary/aromatic N) is 2. The zero-order chi connectivity index (χ0) is 14.8. The summed E-state index contributed by atoms with van der Waals surface area (Å²) in [6.45, 7) is 0. The molecule has 21 heavy (non-hydrogen) atoms. The molecule has 0 aliphatic carbocycles. The Hall–Kier alpha value is -2.03. The fourth-order valence-corrected chi connectivity index (χ4v) is 3.60. The Kier molecular flexibility index (Phi) is 3.82. The lowest BCUT2D eigenvalue weighted by Gasteiger charge is -2.05. The Morgan fingerprint density at radius 1 is 1.33 bits per heavy atom. The summed E-state index contributed by atoms with van der Waals surface area (Å²) in [7, 11) is 0. The van der Waals surface area contributed by atoms with Crippen LogP contribution in [0.5, 0.6) is 0 Å². The van der Waals surface area contributed by atoms with E-state index >= 15 is 0 Å². The van der Waals surface area contributed by atoms with Gasteiger partial charge in [-0.3, -0.25) is 14.7 Å². The monoisotopic (exact) mass is 334 g/mol. The van der Waals surface area contributed by atoms with Gasteiger partial charge in [-0.2, -0.15) is 0 Å². The molecule has 0 unspecified atom stereocenters. The minimum absolute atomic E-state index is 0.298. The lowest BCUT2D eigenvalue weighted by Crippen LogP contribution is -2.13. The number of nitrogens with two attached hydrogens (primary N) is 1. The molecule has 5 nitrogen and oxygen atoms in total. The number of carbonyl (C=O) groups excluding carboxylic acids is 1. The second-order valence-corrected chi connectivity index (χ2v) is 6.58. The molecule has 0 aliphatic rings. The fourth-order valence-electron chi connectivity index (χ4n) is 1.81. The van der Waals surface area contributed by atoms with Gasteiger partial charge in [-0.05, 0) is 24.4 Å². The minimum Gasteiger partial charge on any atom is -0.383 e. The SMILES string of the molecule is Nc1c(C(=O)Nc2nccs2)sc(=S)n1-c1ccccc1. The first kappa shape index (κ1) is 13.9.